The van der Waals surface area contributed by atoms with Crippen LogP contribution in [-0.4, -0.2) is 54.5 Å². The van der Waals surface area contributed by atoms with Crippen molar-refractivity contribution < 1.29 is 23.1 Å². The zero-order valence-electron chi connectivity index (χ0n) is 10.5. The molecule has 1 atom stereocenters. The van der Waals surface area contributed by atoms with Crippen molar-refractivity contribution in [3.05, 3.63) is 16.8 Å². The first-order chi connectivity index (χ1) is 9.37. The molecule has 2 rings (SSSR count). The van der Waals surface area contributed by atoms with Gasteiger partial charge in [-0.2, -0.15) is 11.3 Å². The molecule has 1 saturated heterocycles. The fraction of sp³-hybridized carbons (Fsp3) is 0.455. The van der Waals surface area contributed by atoms with Crippen LogP contribution in [-0.2, 0) is 14.6 Å². The second kappa shape index (κ2) is 5.80. The molecule has 1 aromatic rings. The molecule has 0 aromatic carbocycles. The van der Waals surface area contributed by atoms with Crippen LogP contribution in [0.1, 0.15) is 6.42 Å². The van der Waals surface area contributed by atoms with Crippen LogP contribution in [0.25, 0.3) is 0 Å². The lowest BCUT2D eigenvalue weighted by molar-refractivity contribution is -0.138. The van der Waals surface area contributed by atoms with Crippen molar-refractivity contribution in [3.8, 4) is 0 Å². The van der Waals surface area contributed by atoms with E-state index >= 15 is 0 Å². The molecule has 1 aromatic heterocycles. The van der Waals surface area contributed by atoms with Gasteiger partial charge in [-0.15, -0.1) is 0 Å². The number of urea groups is 1. The molecule has 9 heteroatoms. The first kappa shape index (κ1) is 14.8. The fourth-order valence-electron chi connectivity index (χ4n) is 2.06. The van der Waals surface area contributed by atoms with Crippen molar-refractivity contribution in [1.82, 2.24) is 4.90 Å². The second-order valence-electron chi connectivity index (χ2n) is 4.52. The number of nitrogens with zero attached hydrogens (tertiary/aromatic N) is 1. The minimum absolute atomic E-state index is 0.0144. The summed E-state index contributed by atoms with van der Waals surface area (Å²) in [5.74, 6) is -1.37. The van der Waals surface area contributed by atoms with E-state index in [2.05, 4.69) is 5.32 Å². The maximum Gasteiger partial charge on any atom is 0.323 e. The third-order valence-electron chi connectivity index (χ3n) is 2.99. The van der Waals surface area contributed by atoms with E-state index in [9.17, 15) is 18.0 Å². The summed E-state index contributed by atoms with van der Waals surface area (Å²) in [6, 6.07) is 0.509. The third kappa shape index (κ3) is 3.70. The molecule has 0 saturated carbocycles. The number of rotatable bonds is 4. The Morgan fingerprint density at radius 2 is 2.25 bits per heavy atom. The number of sulfone groups is 1. The van der Waals surface area contributed by atoms with Crippen molar-refractivity contribution in [2.75, 3.05) is 23.4 Å². The predicted octanol–water partition coefficient (Wildman–Crippen LogP) is 0.854. The number of aliphatic carboxylic acids is 1. The minimum atomic E-state index is -3.18. The van der Waals surface area contributed by atoms with E-state index in [1.54, 1.807) is 16.8 Å². The zero-order valence-corrected chi connectivity index (χ0v) is 12.1. The Labute approximate surface area is 120 Å². The summed E-state index contributed by atoms with van der Waals surface area (Å²) in [6.07, 6.45) is 0.271. The summed E-state index contributed by atoms with van der Waals surface area (Å²) < 4.78 is 22.9. The van der Waals surface area contributed by atoms with Gasteiger partial charge in [-0.25, -0.2) is 13.2 Å². The minimum Gasteiger partial charge on any atom is -0.480 e. The van der Waals surface area contributed by atoms with Gasteiger partial charge in [0.2, 0.25) is 0 Å². The van der Waals surface area contributed by atoms with Gasteiger partial charge in [-0.05, 0) is 17.9 Å². The molecule has 20 heavy (non-hydrogen) atoms. The van der Waals surface area contributed by atoms with Crippen LogP contribution in [0.5, 0.6) is 0 Å². The molecule has 0 bridgehead atoms. The number of hydrogen-bond acceptors (Lipinski definition) is 5. The summed E-state index contributed by atoms with van der Waals surface area (Å²) in [5.41, 5.74) is 0.566. The van der Waals surface area contributed by atoms with E-state index in [0.29, 0.717) is 5.69 Å². The van der Waals surface area contributed by atoms with E-state index in [1.807, 2.05) is 0 Å². The van der Waals surface area contributed by atoms with Gasteiger partial charge in [0.05, 0.1) is 17.2 Å². The summed E-state index contributed by atoms with van der Waals surface area (Å²) in [4.78, 5) is 24.0. The first-order valence-corrected chi connectivity index (χ1v) is 8.66. The lowest BCUT2D eigenvalue weighted by Gasteiger charge is -2.26. The molecule has 0 radical (unpaired) electrons. The van der Waals surface area contributed by atoms with Gasteiger partial charge in [0.15, 0.2) is 9.84 Å². The monoisotopic (exact) mass is 318 g/mol. The van der Waals surface area contributed by atoms with E-state index in [0.717, 1.165) is 4.90 Å². The number of nitrogens with one attached hydrogen (secondary N) is 1. The summed E-state index contributed by atoms with van der Waals surface area (Å²) in [7, 11) is -3.18. The largest absolute Gasteiger partial charge is 0.480 e. The quantitative estimate of drug-likeness (QED) is 0.856. The highest BCUT2D eigenvalue weighted by Crippen LogP contribution is 2.19. The van der Waals surface area contributed by atoms with E-state index in [-0.39, 0.29) is 17.9 Å². The van der Waals surface area contributed by atoms with Gasteiger partial charge in [-0.3, -0.25) is 4.79 Å². The summed E-state index contributed by atoms with van der Waals surface area (Å²) in [5, 5.41) is 14.9. The second-order valence-corrected chi connectivity index (χ2v) is 7.53. The number of amides is 2. The van der Waals surface area contributed by atoms with Crippen LogP contribution < -0.4 is 5.32 Å². The number of carboxylic acids is 1. The average molecular weight is 318 g/mol. The molecule has 2 heterocycles. The van der Waals surface area contributed by atoms with Crippen molar-refractivity contribution in [3.63, 3.8) is 0 Å². The third-order valence-corrected chi connectivity index (χ3v) is 5.42. The van der Waals surface area contributed by atoms with E-state index in [1.165, 1.54) is 11.3 Å². The number of carbonyl (C=O) groups is 2. The Kier molecular flexibility index (Phi) is 4.29. The van der Waals surface area contributed by atoms with E-state index < -0.39 is 34.4 Å². The van der Waals surface area contributed by atoms with Gasteiger partial charge < -0.3 is 15.3 Å². The molecule has 7 nitrogen and oxygen atoms in total. The van der Waals surface area contributed by atoms with Gasteiger partial charge in [0.25, 0.3) is 0 Å². The Morgan fingerprint density at radius 3 is 2.75 bits per heavy atom. The molecule has 2 N–H and O–H groups in total. The van der Waals surface area contributed by atoms with Gasteiger partial charge >= 0.3 is 12.0 Å². The number of anilines is 1. The molecular weight excluding hydrogens is 304 g/mol. The van der Waals surface area contributed by atoms with Crippen LogP contribution in [0, 0.1) is 0 Å². The van der Waals surface area contributed by atoms with Crippen molar-refractivity contribution in [2.45, 2.75) is 12.5 Å². The maximum absolute atomic E-state index is 12.1. The Hall–Kier alpha value is -1.61. The van der Waals surface area contributed by atoms with Crippen molar-refractivity contribution in [1.29, 1.82) is 0 Å². The number of thiophene rings is 1. The topological polar surface area (TPSA) is 104 Å². The molecule has 1 fully saturated rings. The SMILES string of the molecule is O=C(O)CN(C(=O)Nc1ccsc1)C1CCS(=O)(=O)C1. The van der Waals surface area contributed by atoms with Crippen LogP contribution in [0.2, 0.25) is 0 Å². The van der Waals surface area contributed by atoms with E-state index in [4.69, 9.17) is 5.11 Å². The molecule has 0 spiro atoms. The van der Waals surface area contributed by atoms with Gasteiger partial charge in [-0.1, -0.05) is 0 Å². The van der Waals surface area contributed by atoms with Crippen molar-refractivity contribution >= 4 is 38.9 Å². The summed E-state index contributed by atoms with van der Waals surface area (Å²) in [6.45, 7) is -0.518. The standard InChI is InChI=1S/C11H14N2O5S2/c14-10(15)5-13(9-2-4-20(17,18)7-9)11(16)12-8-1-3-19-6-8/h1,3,6,9H,2,4-5,7H2,(H,12,16)(H,14,15). The first-order valence-electron chi connectivity index (χ1n) is 5.89. The molecule has 1 unspecified atom stereocenters. The van der Waals surface area contributed by atoms with Crippen LogP contribution in [0.15, 0.2) is 16.8 Å². The highest BCUT2D eigenvalue weighted by Gasteiger charge is 2.35. The lowest BCUT2D eigenvalue weighted by Crippen LogP contribution is -2.46. The molecule has 1 aliphatic rings. The molecular formula is C11H14N2O5S2. The van der Waals surface area contributed by atoms with Crippen LogP contribution in [0.3, 0.4) is 0 Å². The predicted molar refractivity (Wildman–Crippen MR) is 74.7 cm³/mol. The zero-order chi connectivity index (χ0) is 14.8. The van der Waals surface area contributed by atoms with Crippen LogP contribution in [0.4, 0.5) is 10.5 Å². The highest BCUT2D eigenvalue weighted by molar-refractivity contribution is 7.91. The molecule has 2 amide bonds. The normalized spacial score (nSPS) is 20.5. The highest BCUT2D eigenvalue weighted by atomic mass is 32.2. The fourth-order valence-corrected chi connectivity index (χ4v) is 4.38. The lowest BCUT2D eigenvalue weighted by atomic mass is 10.2. The number of hydrogen-bond donors (Lipinski definition) is 2. The molecule has 110 valence electrons. The Balaban J connectivity index is 2.11. The smallest absolute Gasteiger partial charge is 0.323 e. The Morgan fingerprint density at radius 1 is 1.50 bits per heavy atom. The van der Waals surface area contributed by atoms with Crippen LogP contribution >= 0.6 is 11.3 Å². The average Bonchev–Trinajstić information content (AvgIpc) is 2.95. The number of carbonyl (C=O) groups excluding carboxylic acids is 1. The number of carboxylic acid groups (broad SMARTS) is 1. The summed E-state index contributed by atoms with van der Waals surface area (Å²) >= 11 is 1.39. The van der Waals surface area contributed by atoms with Crippen molar-refractivity contribution in [2.24, 2.45) is 0 Å². The van der Waals surface area contributed by atoms with Gasteiger partial charge in [0.1, 0.15) is 6.54 Å². The molecule has 1 aliphatic heterocycles. The Bertz CT molecular complexity index is 596. The molecule has 0 aliphatic carbocycles. The maximum atomic E-state index is 12.1. The van der Waals surface area contributed by atoms with Gasteiger partial charge in [0, 0.05) is 11.4 Å².